The van der Waals surface area contributed by atoms with Gasteiger partial charge in [-0.3, -0.25) is 9.20 Å². The zero-order chi connectivity index (χ0) is 19.7. The van der Waals surface area contributed by atoms with E-state index in [1.54, 1.807) is 19.2 Å². The van der Waals surface area contributed by atoms with E-state index in [1.807, 2.05) is 41.1 Å². The van der Waals surface area contributed by atoms with Crippen LogP contribution in [-0.2, 0) is 11.2 Å². The second kappa shape index (κ2) is 7.44. The van der Waals surface area contributed by atoms with Gasteiger partial charge in [0.2, 0.25) is 5.91 Å². The third-order valence-corrected chi connectivity index (χ3v) is 5.28. The third-order valence-electron chi connectivity index (χ3n) is 4.39. The lowest BCUT2D eigenvalue weighted by Gasteiger charge is -2.10. The molecule has 4 aromatic rings. The highest BCUT2D eigenvalue weighted by atomic mass is 32.1. The molecule has 2 aromatic heterocycles. The standard InChI is InChI=1S/C21H18FN3O2S/c1-13-3-8-19(27-2)17(9-13)23-20(26)10-16-12-28-21-24-18(11-25(16)21)14-4-6-15(22)7-5-14/h3-9,11-12H,10H2,1-2H3,(H,23,26). The van der Waals surface area contributed by atoms with Crippen molar-refractivity contribution < 1.29 is 13.9 Å². The van der Waals surface area contributed by atoms with E-state index >= 15 is 0 Å². The average Bonchev–Trinajstić information content (AvgIpc) is 3.24. The molecule has 28 heavy (non-hydrogen) atoms. The Hall–Kier alpha value is -3.19. The predicted octanol–water partition coefficient (Wildman–Crippen LogP) is 4.70. The molecule has 0 bridgehead atoms. The molecule has 0 saturated carbocycles. The number of thiazole rings is 1. The van der Waals surface area contributed by atoms with E-state index < -0.39 is 0 Å². The lowest BCUT2D eigenvalue weighted by atomic mass is 10.2. The topological polar surface area (TPSA) is 55.6 Å². The minimum absolute atomic E-state index is 0.138. The van der Waals surface area contributed by atoms with Crippen molar-refractivity contribution in [1.29, 1.82) is 0 Å². The third kappa shape index (κ3) is 3.61. The largest absolute Gasteiger partial charge is 0.495 e. The molecule has 2 heterocycles. The van der Waals surface area contributed by atoms with Gasteiger partial charge in [-0.05, 0) is 48.9 Å². The van der Waals surface area contributed by atoms with Crippen LogP contribution in [0.2, 0.25) is 0 Å². The highest BCUT2D eigenvalue weighted by Gasteiger charge is 2.14. The van der Waals surface area contributed by atoms with Crippen LogP contribution in [0.15, 0.2) is 54.0 Å². The van der Waals surface area contributed by atoms with Gasteiger partial charge in [0, 0.05) is 22.8 Å². The zero-order valence-electron chi connectivity index (χ0n) is 15.4. The van der Waals surface area contributed by atoms with E-state index in [4.69, 9.17) is 4.74 Å². The molecule has 0 aliphatic rings. The van der Waals surface area contributed by atoms with Gasteiger partial charge in [0.1, 0.15) is 11.6 Å². The number of ether oxygens (including phenoxy) is 1. The zero-order valence-corrected chi connectivity index (χ0v) is 16.2. The summed E-state index contributed by atoms with van der Waals surface area (Å²) in [5.41, 5.74) is 4.10. The number of hydrogen-bond donors (Lipinski definition) is 1. The van der Waals surface area contributed by atoms with Gasteiger partial charge in [-0.15, -0.1) is 11.3 Å². The molecular formula is C21H18FN3O2S. The second-order valence-corrected chi connectivity index (χ2v) is 7.28. The number of rotatable bonds is 5. The summed E-state index contributed by atoms with van der Waals surface area (Å²) < 4.78 is 20.3. The van der Waals surface area contributed by atoms with Crippen LogP contribution in [0, 0.1) is 12.7 Å². The molecular weight excluding hydrogens is 377 g/mol. The van der Waals surface area contributed by atoms with Crippen LogP contribution in [-0.4, -0.2) is 22.4 Å². The highest BCUT2D eigenvalue weighted by Crippen LogP contribution is 2.27. The minimum Gasteiger partial charge on any atom is -0.495 e. The number of fused-ring (bicyclic) bond motifs is 1. The maximum atomic E-state index is 13.1. The summed E-state index contributed by atoms with van der Waals surface area (Å²) in [7, 11) is 1.57. The van der Waals surface area contributed by atoms with Crippen LogP contribution >= 0.6 is 11.3 Å². The summed E-state index contributed by atoms with van der Waals surface area (Å²) in [6.07, 6.45) is 2.07. The molecule has 0 atom stereocenters. The number of imidazole rings is 1. The molecule has 5 nitrogen and oxygen atoms in total. The Morgan fingerprint density at radius 1 is 1.25 bits per heavy atom. The Morgan fingerprint density at radius 2 is 2.04 bits per heavy atom. The van der Waals surface area contributed by atoms with Gasteiger partial charge in [-0.1, -0.05) is 6.07 Å². The molecule has 0 saturated heterocycles. The number of aromatic nitrogens is 2. The molecule has 7 heteroatoms. The van der Waals surface area contributed by atoms with Crippen molar-refractivity contribution in [3.8, 4) is 17.0 Å². The SMILES string of the molecule is COc1ccc(C)cc1NC(=O)Cc1csc2nc(-c3ccc(F)cc3)cn12. The van der Waals surface area contributed by atoms with Crippen LogP contribution in [0.25, 0.3) is 16.2 Å². The smallest absolute Gasteiger partial charge is 0.230 e. The van der Waals surface area contributed by atoms with Crippen molar-refractivity contribution >= 4 is 27.9 Å². The quantitative estimate of drug-likeness (QED) is 0.533. The maximum absolute atomic E-state index is 13.1. The first kappa shape index (κ1) is 18.2. The average molecular weight is 395 g/mol. The number of carbonyl (C=O) groups excluding carboxylic acids is 1. The summed E-state index contributed by atoms with van der Waals surface area (Å²) in [4.78, 5) is 17.9. The van der Waals surface area contributed by atoms with Crippen molar-refractivity contribution in [2.75, 3.05) is 12.4 Å². The highest BCUT2D eigenvalue weighted by molar-refractivity contribution is 7.15. The Bertz CT molecular complexity index is 1150. The first-order valence-corrected chi connectivity index (χ1v) is 9.57. The summed E-state index contributed by atoms with van der Waals surface area (Å²) in [5.74, 6) is 0.199. The molecule has 0 spiro atoms. The number of halogens is 1. The normalized spacial score (nSPS) is 11.0. The number of amides is 1. The number of benzene rings is 2. The van der Waals surface area contributed by atoms with Gasteiger partial charge in [0.05, 0.1) is 24.9 Å². The van der Waals surface area contributed by atoms with Crippen molar-refractivity contribution in [3.63, 3.8) is 0 Å². The van der Waals surface area contributed by atoms with Gasteiger partial charge in [-0.25, -0.2) is 9.37 Å². The fraction of sp³-hybridized carbons (Fsp3) is 0.143. The lowest BCUT2D eigenvalue weighted by Crippen LogP contribution is -2.16. The second-order valence-electron chi connectivity index (χ2n) is 6.44. The number of nitrogens with one attached hydrogen (secondary N) is 1. The summed E-state index contributed by atoms with van der Waals surface area (Å²) >= 11 is 1.46. The number of methoxy groups -OCH3 is 1. The van der Waals surface area contributed by atoms with Gasteiger partial charge in [0.15, 0.2) is 4.96 Å². The number of anilines is 1. The van der Waals surface area contributed by atoms with Gasteiger partial charge >= 0.3 is 0 Å². The molecule has 1 amide bonds. The van der Waals surface area contributed by atoms with Gasteiger partial charge in [-0.2, -0.15) is 0 Å². The molecule has 0 aliphatic heterocycles. The lowest BCUT2D eigenvalue weighted by molar-refractivity contribution is -0.115. The van der Waals surface area contributed by atoms with E-state index in [2.05, 4.69) is 10.3 Å². The summed E-state index contributed by atoms with van der Waals surface area (Å²) in [6.45, 7) is 1.96. The summed E-state index contributed by atoms with van der Waals surface area (Å²) in [5, 5.41) is 4.84. The number of hydrogen-bond acceptors (Lipinski definition) is 4. The molecule has 142 valence electrons. The van der Waals surface area contributed by atoms with E-state index in [9.17, 15) is 9.18 Å². The van der Waals surface area contributed by atoms with E-state index in [0.717, 1.165) is 27.5 Å². The Kier molecular flexibility index (Phi) is 4.83. The van der Waals surface area contributed by atoms with E-state index in [1.165, 1.54) is 23.5 Å². The minimum atomic E-state index is -0.284. The van der Waals surface area contributed by atoms with E-state index in [0.29, 0.717) is 11.4 Å². The van der Waals surface area contributed by atoms with Crippen molar-refractivity contribution in [1.82, 2.24) is 9.38 Å². The number of carbonyl (C=O) groups is 1. The first-order chi connectivity index (χ1) is 13.5. The number of aryl methyl sites for hydroxylation is 1. The monoisotopic (exact) mass is 395 g/mol. The fourth-order valence-electron chi connectivity index (χ4n) is 2.99. The van der Waals surface area contributed by atoms with Crippen LogP contribution in [0.3, 0.4) is 0 Å². The summed E-state index contributed by atoms with van der Waals surface area (Å²) in [6, 6.07) is 11.8. The fourth-order valence-corrected chi connectivity index (χ4v) is 3.87. The Morgan fingerprint density at radius 3 is 2.79 bits per heavy atom. The molecule has 0 aliphatic carbocycles. The van der Waals surface area contributed by atoms with Crippen molar-refractivity contribution in [2.24, 2.45) is 0 Å². The Labute approximate surface area is 165 Å². The molecule has 0 unspecified atom stereocenters. The van der Waals surface area contributed by atoms with Crippen LogP contribution in [0.5, 0.6) is 5.75 Å². The number of nitrogens with zero attached hydrogens (tertiary/aromatic N) is 2. The van der Waals surface area contributed by atoms with Gasteiger partial charge < -0.3 is 10.1 Å². The first-order valence-electron chi connectivity index (χ1n) is 8.69. The molecule has 1 N–H and O–H groups in total. The van der Waals surface area contributed by atoms with Gasteiger partial charge in [0.25, 0.3) is 0 Å². The molecule has 2 aromatic carbocycles. The molecule has 0 radical (unpaired) electrons. The molecule has 0 fully saturated rings. The predicted molar refractivity (Wildman–Crippen MR) is 109 cm³/mol. The van der Waals surface area contributed by atoms with E-state index in [-0.39, 0.29) is 18.1 Å². The molecule has 4 rings (SSSR count). The van der Waals surface area contributed by atoms with Crippen LogP contribution < -0.4 is 10.1 Å². The van der Waals surface area contributed by atoms with Crippen molar-refractivity contribution in [3.05, 3.63) is 71.1 Å². The van der Waals surface area contributed by atoms with Crippen LogP contribution in [0.4, 0.5) is 10.1 Å². The van der Waals surface area contributed by atoms with Crippen molar-refractivity contribution in [2.45, 2.75) is 13.3 Å². The van der Waals surface area contributed by atoms with Crippen LogP contribution in [0.1, 0.15) is 11.3 Å². The Balaban J connectivity index is 1.56. The maximum Gasteiger partial charge on any atom is 0.230 e.